The van der Waals surface area contributed by atoms with Crippen molar-refractivity contribution < 1.29 is 29.0 Å². The maximum atomic E-state index is 12.6. The van der Waals surface area contributed by atoms with E-state index < -0.39 is 17.5 Å². The van der Waals surface area contributed by atoms with E-state index in [2.05, 4.69) is 10.3 Å². The number of carbonyl (C=O) groups is 3. The van der Waals surface area contributed by atoms with Crippen LogP contribution in [0.4, 0.5) is 5.82 Å². The van der Waals surface area contributed by atoms with Crippen LogP contribution in [-0.4, -0.2) is 47.4 Å². The number of cyclic esters (lactones) is 1. The van der Waals surface area contributed by atoms with Crippen LogP contribution in [-0.2, 0) is 14.3 Å². The van der Waals surface area contributed by atoms with Crippen LogP contribution in [0.15, 0.2) is 42.6 Å². The third-order valence-electron chi connectivity index (χ3n) is 5.06. The number of hydrogen-bond donors (Lipinski definition) is 2. The molecule has 3 rings (SSSR count). The van der Waals surface area contributed by atoms with Gasteiger partial charge >= 0.3 is 5.97 Å². The number of aromatic nitrogens is 1. The number of aromatic hydroxyl groups is 1. The summed E-state index contributed by atoms with van der Waals surface area (Å²) in [5.41, 5.74) is 0.479. The number of pyridine rings is 1. The average Bonchev–Trinajstić information content (AvgIpc) is 2.81. The number of nitrogens with one attached hydrogen (secondary N) is 1. The van der Waals surface area contributed by atoms with Crippen molar-refractivity contribution in [2.75, 3.05) is 25.1 Å². The van der Waals surface area contributed by atoms with Crippen LogP contribution in [0.25, 0.3) is 6.08 Å². The van der Waals surface area contributed by atoms with Crippen molar-refractivity contribution >= 4 is 29.4 Å². The predicted octanol–water partition coefficient (Wildman–Crippen LogP) is 3.94. The summed E-state index contributed by atoms with van der Waals surface area (Å²) < 4.78 is 11.0. The summed E-state index contributed by atoms with van der Waals surface area (Å²) in [5.74, 6) is -0.467. The molecule has 8 heteroatoms. The molecule has 174 valence electrons. The van der Waals surface area contributed by atoms with Gasteiger partial charge in [0.15, 0.2) is 11.6 Å². The summed E-state index contributed by atoms with van der Waals surface area (Å²) >= 11 is 0. The van der Waals surface area contributed by atoms with Gasteiger partial charge in [-0.2, -0.15) is 0 Å². The van der Waals surface area contributed by atoms with E-state index in [-0.39, 0.29) is 30.8 Å². The quantitative estimate of drug-likeness (QED) is 0.385. The van der Waals surface area contributed by atoms with Gasteiger partial charge in [-0.25, -0.2) is 9.78 Å². The topological polar surface area (TPSA) is 115 Å². The van der Waals surface area contributed by atoms with E-state index in [0.717, 1.165) is 5.82 Å². The molecule has 2 heterocycles. The Morgan fingerprint density at radius 2 is 1.94 bits per heavy atom. The molecule has 0 saturated carbocycles. The molecule has 1 aromatic carbocycles. The molecule has 0 fully saturated rings. The summed E-state index contributed by atoms with van der Waals surface area (Å²) in [6.45, 7) is 1.15. The van der Waals surface area contributed by atoms with Gasteiger partial charge in [0.25, 0.3) is 0 Å². The molecule has 0 amide bonds. The Kier molecular flexibility index (Phi) is 8.99. The molecule has 0 radical (unpaired) electrons. The number of Topliss-reactive ketones (excluding diaryl/α,β-unsaturated/α-hetero) is 2. The second-order valence-corrected chi connectivity index (χ2v) is 7.63. The highest BCUT2D eigenvalue weighted by Gasteiger charge is 2.19. The lowest BCUT2D eigenvalue weighted by Crippen LogP contribution is -2.14. The summed E-state index contributed by atoms with van der Waals surface area (Å²) in [7, 11) is 0. The van der Waals surface area contributed by atoms with Crippen LogP contribution in [0.1, 0.15) is 54.4 Å². The maximum Gasteiger partial charge on any atom is 0.342 e. The van der Waals surface area contributed by atoms with Crippen LogP contribution in [0.5, 0.6) is 11.5 Å². The van der Waals surface area contributed by atoms with Crippen molar-refractivity contribution in [2.45, 2.75) is 38.5 Å². The first-order valence-corrected chi connectivity index (χ1v) is 11.1. The Morgan fingerprint density at radius 1 is 1.09 bits per heavy atom. The largest absolute Gasteiger partial charge is 0.507 e. The maximum absolute atomic E-state index is 12.6. The van der Waals surface area contributed by atoms with Gasteiger partial charge in [0.1, 0.15) is 22.9 Å². The zero-order valence-corrected chi connectivity index (χ0v) is 18.4. The number of ketones is 2. The highest BCUT2D eigenvalue weighted by molar-refractivity contribution is 6.37. The van der Waals surface area contributed by atoms with Gasteiger partial charge in [-0.05, 0) is 49.4 Å². The number of fused-ring (bicyclic) bond motifs is 1. The van der Waals surface area contributed by atoms with Crippen LogP contribution in [0.3, 0.4) is 0 Å². The minimum absolute atomic E-state index is 0.0508. The summed E-state index contributed by atoms with van der Waals surface area (Å²) in [5, 5.41) is 13.7. The number of benzene rings is 1. The Morgan fingerprint density at radius 3 is 2.76 bits per heavy atom. The Balaban J connectivity index is 1.66. The fourth-order valence-electron chi connectivity index (χ4n) is 3.33. The molecule has 0 spiro atoms. The molecule has 0 aliphatic carbocycles. The molecule has 2 N–H and O–H groups in total. The van der Waals surface area contributed by atoms with Crippen molar-refractivity contribution in [3.63, 3.8) is 0 Å². The summed E-state index contributed by atoms with van der Waals surface area (Å²) in [4.78, 5) is 40.5. The van der Waals surface area contributed by atoms with Crippen molar-refractivity contribution in [1.82, 2.24) is 4.98 Å². The normalized spacial score (nSPS) is 15.3. The van der Waals surface area contributed by atoms with E-state index in [4.69, 9.17) is 9.47 Å². The number of allylic oxidation sites excluding steroid dienone is 1. The summed E-state index contributed by atoms with van der Waals surface area (Å²) in [6, 6.07) is 8.67. The first kappa shape index (κ1) is 24.0. The molecule has 1 aliphatic heterocycles. The lowest BCUT2D eigenvalue weighted by Gasteiger charge is -2.13. The highest BCUT2D eigenvalue weighted by atomic mass is 16.5. The molecule has 8 nitrogen and oxygen atoms in total. The number of anilines is 1. The first-order chi connectivity index (χ1) is 16.0. The molecule has 0 atom stereocenters. The van der Waals surface area contributed by atoms with Gasteiger partial charge < -0.3 is 19.9 Å². The monoisotopic (exact) mass is 452 g/mol. The second-order valence-electron chi connectivity index (χ2n) is 7.63. The fraction of sp³-hybridized carbons (Fsp3) is 0.360. The minimum atomic E-state index is -0.641. The van der Waals surface area contributed by atoms with Crippen molar-refractivity contribution in [3.05, 3.63) is 53.7 Å². The molecule has 1 aromatic heterocycles. The van der Waals surface area contributed by atoms with E-state index >= 15 is 0 Å². The number of nitrogens with zero attached hydrogens (tertiary/aromatic N) is 1. The number of rotatable bonds is 6. The third kappa shape index (κ3) is 7.45. The zero-order valence-electron chi connectivity index (χ0n) is 18.4. The molecule has 0 unspecified atom stereocenters. The third-order valence-corrected chi connectivity index (χ3v) is 5.06. The van der Waals surface area contributed by atoms with Gasteiger partial charge in [-0.1, -0.05) is 18.2 Å². The van der Waals surface area contributed by atoms with Gasteiger partial charge in [0.05, 0.1) is 13.2 Å². The van der Waals surface area contributed by atoms with Crippen LogP contribution in [0.2, 0.25) is 0 Å². The molecule has 33 heavy (non-hydrogen) atoms. The Hall–Kier alpha value is -3.68. The molecular formula is C25H28N2O6. The summed E-state index contributed by atoms with van der Waals surface area (Å²) in [6.07, 6.45) is 7.29. The van der Waals surface area contributed by atoms with Gasteiger partial charge in [0.2, 0.25) is 0 Å². The van der Waals surface area contributed by atoms with Crippen LogP contribution < -0.4 is 10.1 Å². The van der Waals surface area contributed by atoms with Crippen LogP contribution in [0, 0.1) is 0 Å². The number of carbonyl (C=O) groups excluding carboxylic acids is 3. The van der Waals surface area contributed by atoms with E-state index in [1.165, 1.54) is 6.07 Å². The highest BCUT2D eigenvalue weighted by Crippen LogP contribution is 2.30. The molecule has 2 aromatic rings. The van der Waals surface area contributed by atoms with Gasteiger partial charge in [0, 0.05) is 31.6 Å². The zero-order chi connectivity index (χ0) is 23.5. The lowest BCUT2D eigenvalue weighted by atomic mass is 10.0. The van der Waals surface area contributed by atoms with Crippen molar-refractivity contribution in [2.24, 2.45) is 0 Å². The SMILES string of the molecule is O=C1CCC=Cc2cc(OCCCNc3ccccn3)cc(O)c2C(=O)OCCCCC1=O. The number of hydrogen-bond acceptors (Lipinski definition) is 8. The Bertz CT molecular complexity index is 1000. The molecular weight excluding hydrogens is 424 g/mol. The minimum Gasteiger partial charge on any atom is -0.507 e. The lowest BCUT2D eigenvalue weighted by molar-refractivity contribution is -0.136. The fourth-order valence-corrected chi connectivity index (χ4v) is 3.33. The second kappa shape index (κ2) is 12.4. The number of phenolic OH excluding ortho intramolecular Hbond substituents is 1. The Labute approximate surface area is 192 Å². The smallest absolute Gasteiger partial charge is 0.342 e. The van der Waals surface area contributed by atoms with E-state index in [1.54, 1.807) is 24.4 Å². The van der Waals surface area contributed by atoms with E-state index in [9.17, 15) is 19.5 Å². The van der Waals surface area contributed by atoms with Crippen LogP contribution >= 0.6 is 0 Å². The molecule has 0 saturated heterocycles. The molecule has 1 aliphatic rings. The van der Waals surface area contributed by atoms with Crippen molar-refractivity contribution in [3.8, 4) is 11.5 Å². The van der Waals surface area contributed by atoms with E-state index in [1.807, 2.05) is 18.2 Å². The average molecular weight is 453 g/mol. The number of esters is 1. The standard InChI is InChI=1S/C25H28N2O6/c28-20-9-2-1-8-18-16-19(32-15-7-13-27-23-11-3-5-12-26-23)17-22(30)24(18)25(31)33-14-6-4-10-21(20)29/h1,3,5,8,11-12,16-17,30H,2,4,6-7,9-10,13-15H2,(H,26,27). The first-order valence-electron chi connectivity index (χ1n) is 11.1. The van der Waals surface area contributed by atoms with Crippen molar-refractivity contribution in [1.29, 1.82) is 0 Å². The van der Waals surface area contributed by atoms with Gasteiger partial charge in [-0.15, -0.1) is 0 Å². The van der Waals surface area contributed by atoms with E-state index in [0.29, 0.717) is 50.1 Å². The number of ether oxygens (including phenoxy) is 2. The predicted molar refractivity (Wildman–Crippen MR) is 123 cm³/mol. The number of phenols is 1. The molecule has 0 bridgehead atoms. The van der Waals surface area contributed by atoms with Gasteiger partial charge in [-0.3, -0.25) is 9.59 Å².